The number of hydrogen-bond acceptors (Lipinski definition) is 3. The number of nitrogens with one attached hydrogen (secondary N) is 1. The Kier molecular flexibility index (Phi) is 5.90. The van der Waals surface area contributed by atoms with Crippen LogP contribution >= 0.6 is 0 Å². The minimum Gasteiger partial charge on any atom is -0.494 e. The van der Waals surface area contributed by atoms with Crippen LogP contribution in [0, 0.1) is 5.92 Å². The molecule has 0 spiro atoms. The van der Waals surface area contributed by atoms with Crippen LogP contribution in [0.25, 0.3) is 0 Å². The number of benzene rings is 1. The number of ether oxygens (including phenoxy) is 1. The van der Waals surface area contributed by atoms with E-state index in [1.807, 2.05) is 31.2 Å². The van der Waals surface area contributed by atoms with Crippen LogP contribution < -0.4 is 10.2 Å². The zero-order valence-electron chi connectivity index (χ0n) is 10.3. The lowest BCUT2D eigenvalue weighted by Gasteiger charge is -2.11. The van der Waals surface area contributed by atoms with Gasteiger partial charge in [-0.25, -0.2) is 0 Å². The maximum atomic E-state index is 5.52. The second-order valence-electron chi connectivity index (χ2n) is 4.07. The molecule has 3 heteroatoms. The van der Waals surface area contributed by atoms with Gasteiger partial charge in [0.25, 0.3) is 0 Å². The predicted octanol–water partition coefficient (Wildman–Crippen LogP) is 2.76. The van der Waals surface area contributed by atoms with Crippen molar-refractivity contribution in [2.24, 2.45) is 5.92 Å². The highest BCUT2D eigenvalue weighted by Gasteiger charge is 2.01. The Balaban J connectivity index is 2.40. The third-order valence-corrected chi connectivity index (χ3v) is 2.05. The molecule has 0 saturated carbocycles. The van der Waals surface area contributed by atoms with Crippen LogP contribution in [0.15, 0.2) is 24.3 Å². The largest absolute Gasteiger partial charge is 0.494 e. The fourth-order valence-corrected chi connectivity index (χ4v) is 1.30. The Hall–Kier alpha value is -1.06. The second kappa shape index (κ2) is 7.25. The molecule has 0 saturated heterocycles. The van der Waals surface area contributed by atoms with Crippen molar-refractivity contribution in [3.8, 4) is 5.75 Å². The summed E-state index contributed by atoms with van der Waals surface area (Å²) in [5, 5.41) is 0. The highest BCUT2D eigenvalue weighted by Crippen LogP contribution is 2.17. The van der Waals surface area contributed by atoms with Gasteiger partial charge in [0.15, 0.2) is 0 Å². The standard InChI is InChI=1S/C13H21NO2/c1-4-15-13-8-6-5-7-12(13)9-14-16-10-11(2)3/h5-8,11,14H,4,9-10H2,1-3H3. The quantitative estimate of drug-likeness (QED) is 0.569. The molecule has 0 unspecified atom stereocenters. The van der Waals surface area contributed by atoms with Crippen LogP contribution in [0.1, 0.15) is 26.3 Å². The third kappa shape index (κ3) is 4.64. The number of hydrogen-bond donors (Lipinski definition) is 1. The minimum atomic E-state index is 0.537. The first-order chi connectivity index (χ1) is 7.74. The van der Waals surface area contributed by atoms with Gasteiger partial charge in [-0.15, -0.1) is 0 Å². The molecule has 0 aromatic heterocycles. The van der Waals surface area contributed by atoms with Crippen molar-refractivity contribution < 1.29 is 9.57 Å². The van der Waals surface area contributed by atoms with Gasteiger partial charge in [0.1, 0.15) is 5.75 Å². The Morgan fingerprint density at radius 1 is 1.25 bits per heavy atom. The van der Waals surface area contributed by atoms with E-state index in [0.717, 1.165) is 17.9 Å². The molecule has 0 aliphatic rings. The van der Waals surface area contributed by atoms with Gasteiger partial charge >= 0.3 is 0 Å². The molecule has 0 aliphatic heterocycles. The molecule has 0 heterocycles. The summed E-state index contributed by atoms with van der Waals surface area (Å²) >= 11 is 0. The molecule has 0 fully saturated rings. The van der Waals surface area contributed by atoms with Crippen molar-refractivity contribution in [3.05, 3.63) is 29.8 Å². The van der Waals surface area contributed by atoms with Gasteiger partial charge in [-0.2, -0.15) is 5.48 Å². The minimum absolute atomic E-state index is 0.537. The molecule has 1 aromatic rings. The lowest BCUT2D eigenvalue weighted by atomic mass is 10.2. The van der Waals surface area contributed by atoms with Crippen LogP contribution in [0.5, 0.6) is 5.75 Å². The van der Waals surface area contributed by atoms with E-state index >= 15 is 0 Å². The molecular weight excluding hydrogens is 202 g/mol. The molecule has 0 amide bonds. The third-order valence-electron chi connectivity index (χ3n) is 2.05. The van der Waals surface area contributed by atoms with E-state index in [-0.39, 0.29) is 0 Å². The van der Waals surface area contributed by atoms with Crippen molar-refractivity contribution in [1.29, 1.82) is 0 Å². The fourth-order valence-electron chi connectivity index (χ4n) is 1.30. The Labute approximate surface area is 97.7 Å². The van der Waals surface area contributed by atoms with E-state index in [9.17, 15) is 0 Å². The first kappa shape index (κ1) is 13.0. The smallest absolute Gasteiger partial charge is 0.123 e. The summed E-state index contributed by atoms with van der Waals surface area (Å²) in [6.45, 7) is 8.30. The average molecular weight is 223 g/mol. The van der Waals surface area contributed by atoms with Gasteiger partial charge in [-0.3, -0.25) is 0 Å². The molecule has 90 valence electrons. The Bertz CT molecular complexity index is 300. The normalized spacial score (nSPS) is 10.8. The second-order valence-corrected chi connectivity index (χ2v) is 4.07. The molecule has 0 aliphatic carbocycles. The lowest BCUT2D eigenvalue weighted by molar-refractivity contribution is 0.0192. The van der Waals surface area contributed by atoms with E-state index in [2.05, 4.69) is 19.3 Å². The van der Waals surface area contributed by atoms with E-state index < -0.39 is 0 Å². The number of rotatable bonds is 7. The highest BCUT2D eigenvalue weighted by molar-refractivity contribution is 5.32. The van der Waals surface area contributed by atoms with Crippen LogP contribution in [0.4, 0.5) is 0 Å². The number of para-hydroxylation sites is 1. The van der Waals surface area contributed by atoms with Crippen molar-refractivity contribution in [2.75, 3.05) is 13.2 Å². The predicted molar refractivity (Wildman–Crippen MR) is 65.2 cm³/mol. The summed E-state index contributed by atoms with van der Waals surface area (Å²) in [6.07, 6.45) is 0. The molecule has 16 heavy (non-hydrogen) atoms. The highest BCUT2D eigenvalue weighted by atomic mass is 16.6. The monoisotopic (exact) mass is 223 g/mol. The first-order valence-corrected chi connectivity index (χ1v) is 5.79. The van der Waals surface area contributed by atoms with E-state index in [4.69, 9.17) is 9.57 Å². The van der Waals surface area contributed by atoms with Gasteiger partial charge in [0, 0.05) is 12.1 Å². The van der Waals surface area contributed by atoms with Crippen LogP contribution in [0.2, 0.25) is 0 Å². The maximum Gasteiger partial charge on any atom is 0.123 e. The number of hydroxylamine groups is 1. The molecule has 0 atom stereocenters. The van der Waals surface area contributed by atoms with Crippen molar-refractivity contribution >= 4 is 0 Å². The van der Waals surface area contributed by atoms with E-state index in [1.165, 1.54) is 0 Å². The topological polar surface area (TPSA) is 30.5 Å². The van der Waals surface area contributed by atoms with E-state index in [1.54, 1.807) is 0 Å². The molecule has 1 rings (SSSR count). The molecule has 3 nitrogen and oxygen atoms in total. The Morgan fingerprint density at radius 2 is 2.00 bits per heavy atom. The summed E-state index contributed by atoms with van der Waals surface area (Å²) in [5.74, 6) is 1.46. The van der Waals surface area contributed by atoms with Gasteiger partial charge < -0.3 is 9.57 Å². The molecule has 0 bridgehead atoms. The Morgan fingerprint density at radius 3 is 2.69 bits per heavy atom. The zero-order valence-corrected chi connectivity index (χ0v) is 10.3. The summed E-state index contributed by atoms with van der Waals surface area (Å²) < 4.78 is 5.52. The van der Waals surface area contributed by atoms with Crippen LogP contribution in [0.3, 0.4) is 0 Å². The van der Waals surface area contributed by atoms with Gasteiger partial charge in [0.2, 0.25) is 0 Å². The average Bonchev–Trinajstić information content (AvgIpc) is 2.26. The van der Waals surface area contributed by atoms with E-state index in [0.29, 0.717) is 19.1 Å². The molecular formula is C13H21NO2. The van der Waals surface area contributed by atoms with Crippen LogP contribution in [-0.2, 0) is 11.4 Å². The van der Waals surface area contributed by atoms with Crippen molar-refractivity contribution in [3.63, 3.8) is 0 Å². The van der Waals surface area contributed by atoms with Gasteiger partial charge in [-0.1, -0.05) is 32.0 Å². The fraction of sp³-hybridized carbons (Fsp3) is 0.538. The zero-order chi connectivity index (χ0) is 11.8. The maximum absolute atomic E-state index is 5.52. The summed E-state index contributed by atoms with van der Waals surface area (Å²) in [6, 6.07) is 7.99. The summed E-state index contributed by atoms with van der Waals surface area (Å²) in [5.41, 5.74) is 4.07. The first-order valence-electron chi connectivity index (χ1n) is 5.79. The summed E-state index contributed by atoms with van der Waals surface area (Å²) in [7, 11) is 0. The molecule has 0 radical (unpaired) electrons. The molecule has 1 aromatic carbocycles. The molecule has 1 N–H and O–H groups in total. The lowest BCUT2D eigenvalue weighted by Crippen LogP contribution is -2.17. The van der Waals surface area contributed by atoms with Crippen molar-refractivity contribution in [2.45, 2.75) is 27.3 Å². The van der Waals surface area contributed by atoms with Crippen molar-refractivity contribution in [1.82, 2.24) is 5.48 Å². The SMILES string of the molecule is CCOc1ccccc1CNOCC(C)C. The van der Waals surface area contributed by atoms with Gasteiger partial charge in [0.05, 0.1) is 13.2 Å². The summed E-state index contributed by atoms with van der Waals surface area (Å²) in [4.78, 5) is 5.33. The van der Waals surface area contributed by atoms with Crippen LogP contribution in [-0.4, -0.2) is 13.2 Å². The van der Waals surface area contributed by atoms with Gasteiger partial charge in [-0.05, 0) is 18.9 Å².